The van der Waals surface area contributed by atoms with Crippen molar-refractivity contribution >= 4 is 22.8 Å². The minimum atomic E-state index is -0.0745. The van der Waals surface area contributed by atoms with Gasteiger partial charge in [0.25, 0.3) is 0 Å². The number of halogens is 1. The standard InChI is InChI=1S/C15H20ClN3/c1-10-7-8-17-15-13(10)18-14(11(2)16)19(15)9-3-4-12-5-6-12/h7-8,11-12H,3-6,9H2,1-2H3. The second-order valence-electron chi connectivity index (χ2n) is 5.62. The van der Waals surface area contributed by atoms with E-state index in [1.807, 2.05) is 19.2 Å². The number of hydrogen-bond donors (Lipinski definition) is 0. The molecule has 3 nitrogen and oxygen atoms in total. The number of rotatable bonds is 5. The van der Waals surface area contributed by atoms with Gasteiger partial charge in [-0.2, -0.15) is 0 Å². The molecule has 1 unspecified atom stereocenters. The molecule has 2 heterocycles. The van der Waals surface area contributed by atoms with Crippen molar-refractivity contribution in [2.24, 2.45) is 5.92 Å². The van der Waals surface area contributed by atoms with Gasteiger partial charge in [0.15, 0.2) is 5.65 Å². The van der Waals surface area contributed by atoms with Gasteiger partial charge in [-0.05, 0) is 44.2 Å². The maximum atomic E-state index is 6.27. The zero-order valence-electron chi connectivity index (χ0n) is 11.6. The Morgan fingerprint density at radius 3 is 2.95 bits per heavy atom. The van der Waals surface area contributed by atoms with E-state index < -0.39 is 0 Å². The number of aromatic nitrogens is 3. The molecule has 0 amide bonds. The molecule has 0 spiro atoms. The van der Waals surface area contributed by atoms with Crippen molar-refractivity contribution in [1.29, 1.82) is 0 Å². The predicted octanol–water partition coefficient (Wildman–Crippen LogP) is 4.23. The van der Waals surface area contributed by atoms with Crippen LogP contribution >= 0.6 is 11.6 Å². The first-order valence-corrected chi connectivity index (χ1v) is 7.56. The highest BCUT2D eigenvalue weighted by Gasteiger charge is 2.21. The van der Waals surface area contributed by atoms with Gasteiger partial charge in [0.05, 0.1) is 5.38 Å². The fourth-order valence-corrected chi connectivity index (χ4v) is 2.79. The summed E-state index contributed by atoms with van der Waals surface area (Å²) in [6.07, 6.45) is 7.21. The van der Waals surface area contributed by atoms with Crippen molar-refractivity contribution in [1.82, 2.24) is 14.5 Å². The van der Waals surface area contributed by atoms with Crippen LogP contribution in [0.3, 0.4) is 0 Å². The molecule has 0 aliphatic heterocycles. The summed E-state index contributed by atoms with van der Waals surface area (Å²) in [5.41, 5.74) is 3.15. The lowest BCUT2D eigenvalue weighted by atomic mass is 10.2. The number of hydrogen-bond acceptors (Lipinski definition) is 2. The summed E-state index contributed by atoms with van der Waals surface area (Å²) < 4.78 is 2.21. The molecule has 0 bridgehead atoms. The topological polar surface area (TPSA) is 30.7 Å². The van der Waals surface area contributed by atoms with Crippen LogP contribution in [0.25, 0.3) is 11.2 Å². The highest BCUT2D eigenvalue weighted by atomic mass is 35.5. The number of imidazole rings is 1. The average Bonchev–Trinajstić information content (AvgIpc) is 3.11. The molecule has 3 rings (SSSR count). The molecule has 4 heteroatoms. The summed E-state index contributed by atoms with van der Waals surface area (Å²) in [4.78, 5) is 9.19. The molecule has 0 radical (unpaired) electrons. The third kappa shape index (κ3) is 2.62. The van der Waals surface area contributed by atoms with Crippen LogP contribution < -0.4 is 0 Å². The molecule has 1 fully saturated rings. The molecule has 1 aliphatic rings. The van der Waals surface area contributed by atoms with Gasteiger partial charge in [0.1, 0.15) is 11.3 Å². The number of pyridine rings is 1. The molecule has 0 aromatic carbocycles. The van der Waals surface area contributed by atoms with Crippen LogP contribution in [0.2, 0.25) is 0 Å². The first-order chi connectivity index (χ1) is 9.16. The van der Waals surface area contributed by atoms with Gasteiger partial charge in [-0.25, -0.2) is 9.97 Å². The molecule has 2 aromatic heterocycles. The van der Waals surface area contributed by atoms with E-state index in [4.69, 9.17) is 16.6 Å². The number of aryl methyl sites for hydroxylation is 2. The van der Waals surface area contributed by atoms with Crippen molar-refractivity contribution in [3.8, 4) is 0 Å². The monoisotopic (exact) mass is 277 g/mol. The minimum Gasteiger partial charge on any atom is -0.311 e. The SMILES string of the molecule is Cc1ccnc2c1nc(C(C)Cl)n2CCCC1CC1. The van der Waals surface area contributed by atoms with Gasteiger partial charge in [0.2, 0.25) is 0 Å². The Labute approximate surface area is 119 Å². The predicted molar refractivity (Wildman–Crippen MR) is 78.5 cm³/mol. The Morgan fingerprint density at radius 2 is 2.26 bits per heavy atom. The molecule has 1 atom stereocenters. The number of fused-ring (bicyclic) bond motifs is 1. The lowest BCUT2D eigenvalue weighted by Crippen LogP contribution is -2.05. The fraction of sp³-hybridized carbons (Fsp3) is 0.600. The number of alkyl halides is 1. The average molecular weight is 278 g/mol. The maximum absolute atomic E-state index is 6.27. The lowest BCUT2D eigenvalue weighted by molar-refractivity contribution is 0.567. The second-order valence-corrected chi connectivity index (χ2v) is 6.28. The minimum absolute atomic E-state index is 0.0745. The molecule has 2 aromatic rings. The van der Waals surface area contributed by atoms with E-state index in [-0.39, 0.29) is 5.38 Å². The molecule has 1 aliphatic carbocycles. The second kappa shape index (κ2) is 5.12. The van der Waals surface area contributed by atoms with E-state index in [2.05, 4.69) is 16.5 Å². The Hall–Kier alpha value is -1.09. The van der Waals surface area contributed by atoms with Crippen LogP contribution in [0.5, 0.6) is 0 Å². The Morgan fingerprint density at radius 1 is 1.47 bits per heavy atom. The van der Waals surface area contributed by atoms with Gasteiger partial charge < -0.3 is 4.57 Å². The van der Waals surface area contributed by atoms with E-state index in [0.717, 1.165) is 29.5 Å². The van der Waals surface area contributed by atoms with Gasteiger partial charge in [-0.3, -0.25) is 0 Å². The first kappa shape index (κ1) is 12.9. The van der Waals surface area contributed by atoms with Crippen LogP contribution in [0.4, 0.5) is 0 Å². The molecule has 102 valence electrons. The summed E-state index contributed by atoms with van der Waals surface area (Å²) in [6, 6.07) is 2.01. The Kier molecular flexibility index (Phi) is 3.48. The summed E-state index contributed by atoms with van der Waals surface area (Å²) in [5, 5.41) is -0.0745. The van der Waals surface area contributed by atoms with Gasteiger partial charge in [0, 0.05) is 12.7 Å². The van der Waals surface area contributed by atoms with Crippen molar-refractivity contribution in [3.05, 3.63) is 23.7 Å². The molecule has 0 N–H and O–H groups in total. The Bertz CT molecular complexity index is 584. The first-order valence-electron chi connectivity index (χ1n) is 7.12. The molecule has 0 saturated heterocycles. The van der Waals surface area contributed by atoms with E-state index in [0.29, 0.717) is 0 Å². The lowest BCUT2D eigenvalue weighted by Gasteiger charge is -2.09. The van der Waals surface area contributed by atoms with E-state index in [9.17, 15) is 0 Å². The highest BCUT2D eigenvalue weighted by molar-refractivity contribution is 6.20. The van der Waals surface area contributed by atoms with Crippen LogP contribution in [0, 0.1) is 12.8 Å². The van der Waals surface area contributed by atoms with Crippen molar-refractivity contribution < 1.29 is 0 Å². The normalized spacial score (nSPS) is 17.0. The van der Waals surface area contributed by atoms with Gasteiger partial charge >= 0.3 is 0 Å². The van der Waals surface area contributed by atoms with Crippen molar-refractivity contribution in [2.75, 3.05) is 0 Å². The zero-order valence-corrected chi connectivity index (χ0v) is 12.3. The maximum Gasteiger partial charge on any atom is 0.160 e. The molecular formula is C15H20ClN3. The fourth-order valence-electron chi connectivity index (χ4n) is 2.62. The van der Waals surface area contributed by atoms with Gasteiger partial charge in [-0.15, -0.1) is 11.6 Å². The van der Waals surface area contributed by atoms with Crippen LogP contribution in [-0.4, -0.2) is 14.5 Å². The third-order valence-corrected chi connectivity index (χ3v) is 4.11. The highest BCUT2D eigenvalue weighted by Crippen LogP contribution is 2.34. The van der Waals surface area contributed by atoms with Crippen molar-refractivity contribution in [3.63, 3.8) is 0 Å². The summed E-state index contributed by atoms with van der Waals surface area (Å²) in [7, 11) is 0. The van der Waals surface area contributed by atoms with Crippen molar-refractivity contribution in [2.45, 2.75) is 51.5 Å². The summed E-state index contributed by atoms with van der Waals surface area (Å²) in [6.45, 7) is 5.04. The largest absolute Gasteiger partial charge is 0.311 e. The smallest absolute Gasteiger partial charge is 0.160 e. The van der Waals surface area contributed by atoms with E-state index in [1.165, 1.54) is 31.2 Å². The third-order valence-electron chi connectivity index (χ3n) is 3.91. The summed E-state index contributed by atoms with van der Waals surface area (Å²) in [5.74, 6) is 1.93. The van der Waals surface area contributed by atoms with Crippen LogP contribution in [-0.2, 0) is 6.54 Å². The van der Waals surface area contributed by atoms with Crippen LogP contribution in [0.15, 0.2) is 12.3 Å². The summed E-state index contributed by atoms with van der Waals surface area (Å²) >= 11 is 6.27. The van der Waals surface area contributed by atoms with Gasteiger partial charge in [-0.1, -0.05) is 12.8 Å². The molecular weight excluding hydrogens is 258 g/mol. The molecule has 19 heavy (non-hydrogen) atoms. The molecule has 1 saturated carbocycles. The zero-order chi connectivity index (χ0) is 13.4. The van der Waals surface area contributed by atoms with E-state index in [1.54, 1.807) is 0 Å². The quantitative estimate of drug-likeness (QED) is 0.766. The Balaban J connectivity index is 1.93. The number of nitrogens with zero attached hydrogens (tertiary/aromatic N) is 3. The van der Waals surface area contributed by atoms with E-state index >= 15 is 0 Å². The van der Waals surface area contributed by atoms with Crippen LogP contribution in [0.1, 0.15) is 49.4 Å².